The lowest BCUT2D eigenvalue weighted by molar-refractivity contribution is -0.143. The number of Topliss-reactive ketones (excluding diaryl/α,β-unsaturated/α-hetero) is 1. The van der Waals surface area contributed by atoms with E-state index in [0.29, 0.717) is 25.0 Å². The topological polar surface area (TPSA) is 287 Å². The number of nitrogens with one attached hydrogen (secondary N) is 7. The largest absolute Gasteiger partial charge is 0.391 e. The maximum atomic E-state index is 14.4. The van der Waals surface area contributed by atoms with Crippen molar-refractivity contribution >= 4 is 64.8 Å². The molecule has 8 amide bonds. The molecule has 0 aliphatic carbocycles. The van der Waals surface area contributed by atoms with Gasteiger partial charge in [0.05, 0.1) is 18.2 Å². The van der Waals surface area contributed by atoms with Crippen molar-refractivity contribution in [3.63, 3.8) is 0 Å². The quantitative estimate of drug-likeness (QED) is 0.0552. The van der Waals surface area contributed by atoms with Gasteiger partial charge < -0.3 is 53.0 Å². The molecule has 2 rings (SSSR count). The predicted molar refractivity (Wildman–Crippen MR) is 271 cm³/mol. The van der Waals surface area contributed by atoms with E-state index in [1.165, 1.54) is 37.4 Å². The van der Waals surface area contributed by atoms with Crippen molar-refractivity contribution in [3.8, 4) is 0 Å². The highest BCUT2D eigenvalue weighted by atomic mass is 32.2. The van der Waals surface area contributed by atoms with Gasteiger partial charge in [-0.05, 0) is 101 Å². The molecule has 0 radical (unpaired) electrons. The number of carbonyl (C=O) groups excluding carboxylic acids is 9. The molecule has 0 saturated carbocycles. The number of hydrogen-bond acceptors (Lipinski definition) is 12. The Labute approximate surface area is 419 Å². The van der Waals surface area contributed by atoms with Crippen LogP contribution in [0.1, 0.15) is 120 Å². The number of amides is 8. The summed E-state index contributed by atoms with van der Waals surface area (Å²) in [4.78, 5) is 124. The molecule has 11 atom stereocenters. The molecule has 0 bridgehead atoms. The summed E-state index contributed by atoms with van der Waals surface area (Å²) < 4.78 is 0. The van der Waals surface area contributed by atoms with E-state index in [4.69, 9.17) is 5.73 Å². The third-order valence-electron chi connectivity index (χ3n) is 12.4. The van der Waals surface area contributed by atoms with Gasteiger partial charge in [-0.15, -0.1) is 0 Å². The molecule has 70 heavy (non-hydrogen) atoms. The molecule has 0 spiro atoms. The number of nitrogens with zero attached hydrogens (tertiary/aromatic N) is 1. The second-order valence-corrected chi connectivity index (χ2v) is 20.9. The van der Waals surface area contributed by atoms with Crippen molar-refractivity contribution in [2.45, 2.75) is 182 Å². The smallest absolute Gasteiger partial charge is 0.245 e. The fourth-order valence-electron chi connectivity index (χ4n) is 8.17. The molecule has 1 aliphatic heterocycles. The molecule has 1 aromatic rings. The third kappa shape index (κ3) is 19.6. The van der Waals surface area contributed by atoms with Gasteiger partial charge >= 0.3 is 0 Å². The first kappa shape index (κ1) is 61.0. The van der Waals surface area contributed by atoms with E-state index < -0.39 is 114 Å². The average molecular weight is 1000 g/mol. The molecule has 1 saturated heterocycles. The van der Waals surface area contributed by atoms with Crippen LogP contribution in [0.15, 0.2) is 30.3 Å². The van der Waals surface area contributed by atoms with Gasteiger partial charge in [0.1, 0.15) is 42.3 Å². The van der Waals surface area contributed by atoms with Crippen LogP contribution < -0.4 is 43.0 Å². The number of benzene rings is 1. The Hall–Kier alpha value is -5.08. The number of rotatable bonds is 29. The summed E-state index contributed by atoms with van der Waals surface area (Å²) in [6.45, 7) is 18.9. The van der Waals surface area contributed by atoms with Crippen LogP contribution in [0.4, 0.5) is 0 Å². The summed E-state index contributed by atoms with van der Waals surface area (Å²) in [7, 11) is 0. The monoisotopic (exact) mass is 1000 g/mol. The molecule has 19 nitrogen and oxygen atoms in total. The van der Waals surface area contributed by atoms with Crippen molar-refractivity contribution in [2.24, 2.45) is 29.4 Å². The van der Waals surface area contributed by atoms with Gasteiger partial charge in [0.2, 0.25) is 47.3 Å². The molecular weight excluding hydrogens is 919 g/mol. The van der Waals surface area contributed by atoms with Crippen LogP contribution in [-0.2, 0) is 49.6 Å². The van der Waals surface area contributed by atoms with Crippen molar-refractivity contribution in [1.82, 2.24) is 42.1 Å². The van der Waals surface area contributed by atoms with Gasteiger partial charge in [-0.1, -0.05) is 92.1 Å². The zero-order chi connectivity index (χ0) is 53.0. The van der Waals surface area contributed by atoms with E-state index in [1.807, 2.05) is 71.2 Å². The van der Waals surface area contributed by atoms with Gasteiger partial charge in [-0.2, -0.15) is 11.8 Å². The van der Waals surface area contributed by atoms with Gasteiger partial charge in [0.25, 0.3) is 0 Å². The lowest BCUT2D eigenvalue weighted by Crippen LogP contribution is -2.61. The molecule has 1 heterocycles. The summed E-state index contributed by atoms with van der Waals surface area (Å²) in [6, 6.07) is -0.405. The number of ketones is 1. The molecule has 1 aromatic carbocycles. The van der Waals surface area contributed by atoms with Crippen LogP contribution in [0.5, 0.6) is 0 Å². The minimum absolute atomic E-state index is 0.00255. The molecule has 394 valence electrons. The number of thioether (sulfide) groups is 1. The first-order valence-corrected chi connectivity index (χ1v) is 26.1. The zero-order valence-electron chi connectivity index (χ0n) is 43.4. The van der Waals surface area contributed by atoms with Crippen molar-refractivity contribution < 1.29 is 48.3 Å². The van der Waals surface area contributed by atoms with Crippen LogP contribution in [0.25, 0.3) is 0 Å². The maximum absolute atomic E-state index is 14.4. The average Bonchev–Trinajstić information content (AvgIpc) is 3.79. The van der Waals surface area contributed by atoms with Gasteiger partial charge in [0, 0.05) is 6.54 Å². The first-order valence-electron chi connectivity index (χ1n) is 24.7. The third-order valence-corrected chi connectivity index (χ3v) is 13.0. The summed E-state index contributed by atoms with van der Waals surface area (Å²) in [6.07, 6.45) is 2.70. The lowest BCUT2D eigenvalue weighted by Gasteiger charge is -2.32. The fraction of sp³-hybridized carbons (Fsp3) is 0.700. The molecule has 1 aliphatic rings. The Morgan fingerprint density at radius 2 is 1.23 bits per heavy atom. The normalized spacial score (nSPS) is 18.0. The minimum atomic E-state index is -1.44. The molecule has 0 aromatic heterocycles. The zero-order valence-corrected chi connectivity index (χ0v) is 44.2. The van der Waals surface area contributed by atoms with E-state index in [1.54, 1.807) is 20.8 Å². The van der Waals surface area contributed by atoms with Gasteiger partial charge in [-0.25, -0.2) is 0 Å². The van der Waals surface area contributed by atoms with Crippen molar-refractivity contribution in [3.05, 3.63) is 35.9 Å². The Morgan fingerprint density at radius 1 is 0.686 bits per heavy atom. The number of nitrogens with two attached hydrogens (primary N) is 1. The van der Waals surface area contributed by atoms with E-state index >= 15 is 0 Å². The van der Waals surface area contributed by atoms with E-state index in [2.05, 4.69) is 37.2 Å². The Balaban J connectivity index is 2.25. The minimum Gasteiger partial charge on any atom is -0.391 e. The van der Waals surface area contributed by atoms with Crippen LogP contribution in [0, 0.1) is 23.7 Å². The van der Waals surface area contributed by atoms with E-state index in [9.17, 15) is 48.3 Å². The SMILES string of the molecule is CCC(C)C(NC(=O)C(CCSC)NC(=O)C1CCCN1C(=O)C(CC(C)C)NC(=O)C(CC(C)C)NC(=O)C(N)Cc1ccccc1)C(=O)NC(C)C(=O)NC(C(=O)NC(C(C)=O)C(C)C)C(C)O. The highest BCUT2D eigenvalue weighted by Gasteiger charge is 2.41. The number of aliphatic hydroxyl groups excluding tert-OH is 1. The van der Waals surface area contributed by atoms with Crippen LogP contribution in [0.2, 0.25) is 0 Å². The maximum Gasteiger partial charge on any atom is 0.245 e. The van der Waals surface area contributed by atoms with Crippen LogP contribution >= 0.6 is 11.8 Å². The second-order valence-electron chi connectivity index (χ2n) is 19.9. The summed E-state index contributed by atoms with van der Waals surface area (Å²) in [5, 5.41) is 29.3. The first-order chi connectivity index (χ1) is 32.8. The Kier molecular flexibility index (Phi) is 26.1. The second kappa shape index (κ2) is 29.9. The summed E-state index contributed by atoms with van der Waals surface area (Å²) in [5.74, 6) is -5.61. The summed E-state index contributed by atoms with van der Waals surface area (Å²) in [5.41, 5.74) is 7.13. The van der Waals surface area contributed by atoms with Crippen LogP contribution in [0.3, 0.4) is 0 Å². The highest BCUT2D eigenvalue weighted by molar-refractivity contribution is 7.98. The van der Waals surface area contributed by atoms with Gasteiger partial charge in [0.15, 0.2) is 5.78 Å². The molecule has 20 heteroatoms. The number of carbonyl (C=O) groups is 9. The van der Waals surface area contributed by atoms with E-state index in [0.717, 1.165) is 5.56 Å². The predicted octanol–water partition coefficient (Wildman–Crippen LogP) is 1.48. The van der Waals surface area contributed by atoms with Gasteiger partial charge in [-0.3, -0.25) is 43.2 Å². The lowest BCUT2D eigenvalue weighted by atomic mass is 9.97. The summed E-state index contributed by atoms with van der Waals surface area (Å²) >= 11 is 1.44. The van der Waals surface area contributed by atoms with Crippen LogP contribution in [-0.4, -0.2) is 142 Å². The van der Waals surface area contributed by atoms with Crippen molar-refractivity contribution in [2.75, 3.05) is 18.6 Å². The standard InChI is InChI=1S/C50H83N9O10S/c1-13-30(8)41(48(67)52-31(9)43(62)58-42(33(11)61)49(68)56-40(29(6)7)32(10)60)57-45(64)36(21-23-70-12)53-47(66)39-20-17-22-59(39)50(69)38(25-28(4)5)55-46(65)37(24-27(2)3)54-44(63)35(51)26-34-18-15-14-16-19-34/h14-16,18-19,27-31,33,35-42,61H,13,17,20-26,51H2,1-12H3,(H,52,67)(H,53,66)(H,54,63)(H,55,65)(H,56,68)(H,57,64)(H,58,62). The van der Waals surface area contributed by atoms with E-state index in [-0.39, 0.29) is 55.8 Å². The Morgan fingerprint density at radius 3 is 1.77 bits per heavy atom. The molecule has 11 unspecified atom stereocenters. The highest BCUT2D eigenvalue weighted by Crippen LogP contribution is 2.22. The fourth-order valence-corrected chi connectivity index (χ4v) is 8.64. The molecular formula is C50H83N9O10S. The number of hydrogen-bond donors (Lipinski definition) is 9. The van der Waals surface area contributed by atoms with Crippen molar-refractivity contribution in [1.29, 1.82) is 0 Å². The molecule has 10 N–H and O–H groups in total. The molecule has 1 fully saturated rings. The number of likely N-dealkylation sites (tertiary alicyclic amines) is 1. The Bertz CT molecular complexity index is 1920. The number of aliphatic hydroxyl groups is 1.